The predicted octanol–water partition coefficient (Wildman–Crippen LogP) is 15.6. The summed E-state index contributed by atoms with van der Waals surface area (Å²) in [5.74, 6) is -1.71. The quantitative estimate of drug-likeness (QED) is 0.0197. The summed E-state index contributed by atoms with van der Waals surface area (Å²) in [4.78, 5) is 48.3. The molecule has 0 amide bonds. The van der Waals surface area contributed by atoms with Gasteiger partial charge in [0.25, 0.3) is 0 Å². The topological polar surface area (TPSA) is 155 Å². The lowest BCUT2D eigenvalue weighted by molar-refractivity contribution is -0.161. The Labute approximate surface area is 435 Å². The molecule has 12 heteroatoms. The first-order chi connectivity index (χ1) is 35.2. The van der Waals surface area contributed by atoms with Crippen molar-refractivity contribution < 1.29 is 52.2 Å². The third kappa shape index (κ3) is 50.3. The molecule has 3 atom stereocenters. The molecule has 0 saturated heterocycles. The third-order valence-corrected chi connectivity index (χ3v) is 11.2. The first-order valence-electron chi connectivity index (χ1n) is 26.7. The zero-order chi connectivity index (χ0) is 52.7. The molecule has 0 saturated carbocycles. The monoisotopic (exact) mass is 1020 g/mol. The number of hydrogen-bond donors (Lipinski definition) is 2. The van der Waals surface area contributed by atoms with Gasteiger partial charge in [-0.2, -0.15) is 0 Å². The minimum atomic E-state index is -4.79. The summed E-state index contributed by atoms with van der Waals surface area (Å²) < 4.78 is 39.2. The van der Waals surface area contributed by atoms with Crippen molar-refractivity contribution in [2.45, 2.75) is 187 Å². The van der Waals surface area contributed by atoms with Gasteiger partial charge in [-0.1, -0.05) is 186 Å². The fourth-order valence-electron chi connectivity index (χ4n) is 6.31. The van der Waals surface area contributed by atoms with Gasteiger partial charge in [0.2, 0.25) is 0 Å². The summed E-state index contributed by atoms with van der Waals surface area (Å²) in [7, 11) is -4.79. The molecule has 404 valence electrons. The van der Waals surface area contributed by atoms with E-state index in [1.54, 1.807) is 6.08 Å². The van der Waals surface area contributed by atoms with E-state index in [9.17, 15) is 28.9 Å². The highest BCUT2D eigenvalue weighted by atomic mass is 31.2. The number of carbonyl (C=O) groups is 3. The Hall–Kier alpha value is -4.64. The average Bonchev–Trinajstić information content (AvgIpc) is 3.37. The Morgan fingerprint density at radius 1 is 0.403 bits per heavy atom. The zero-order valence-corrected chi connectivity index (χ0v) is 45.2. The first kappa shape index (κ1) is 67.4. The second-order valence-corrected chi connectivity index (χ2v) is 18.4. The molecule has 0 aliphatic heterocycles. The van der Waals surface area contributed by atoms with Crippen LogP contribution in [0.5, 0.6) is 0 Å². The molecule has 0 aliphatic rings. The SMILES string of the molecule is CC/C=C\C/C=C\C/C=C\C/C=C\C/C=C\CC(=O)OCC(COP(=O)(O)OCC(CO)OC(=O)CCCCCCC/C=C\C/C=C\C/C=C\CC)OC(=O)CCCC/C=C\C/C=C\C/C=C\C/C=C\CC. The zero-order valence-electron chi connectivity index (χ0n) is 44.3. The van der Waals surface area contributed by atoms with E-state index in [1.165, 1.54) is 0 Å². The van der Waals surface area contributed by atoms with Gasteiger partial charge in [-0.05, 0) is 116 Å². The smallest absolute Gasteiger partial charge is 0.461 e. The van der Waals surface area contributed by atoms with Crippen LogP contribution < -0.4 is 0 Å². The summed E-state index contributed by atoms with van der Waals surface area (Å²) in [5.41, 5.74) is 0. The maximum atomic E-state index is 12.9. The first-order valence-corrected chi connectivity index (χ1v) is 28.2. The van der Waals surface area contributed by atoms with Gasteiger partial charge in [0.15, 0.2) is 6.10 Å². The van der Waals surface area contributed by atoms with Gasteiger partial charge >= 0.3 is 25.7 Å². The molecule has 0 bridgehead atoms. The van der Waals surface area contributed by atoms with Crippen LogP contribution in [0.1, 0.15) is 175 Å². The van der Waals surface area contributed by atoms with E-state index in [0.29, 0.717) is 19.3 Å². The summed E-state index contributed by atoms with van der Waals surface area (Å²) in [6, 6.07) is 0. The number of carbonyl (C=O) groups excluding carboxylic acids is 3. The molecule has 0 aliphatic carbocycles. The second kappa shape index (κ2) is 52.7. The highest BCUT2D eigenvalue weighted by molar-refractivity contribution is 7.47. The molecule has 0 aromatic rings. The standard InChI is InChI=1S/C60H93O11P/c1-4-7-10-13-16-19-22-25-28-31-34-37-40-43-46-49-58(62)67-53-57(71-60(64)51-48-45-42-39-36-33-30-27-24-21-18-15-12-9-6-3)55-69-72(65,66)68-54-56(52-61)70-59(63)50-47-44-41-38-35-32-29-26-23-20-17-14-11-8-5-2/h7-12,16-21,25-30,34,36-37,39,43,46,56-57,61H,4-6,13-15,22-24,31-33,35,38,40-42,44-45,47-55H2,1-3H3,(H,65,66)/b10-7-,11-8-,12-9-,19-16-,20-17-,21-18-,28-25-,29-26-,30-27-,37-34-,39-36-,46-43-. The Kier molecular flexibility index (Phi) is 49.3. The second-order valence-electron chi connectivity index (χ2n) is 16.9. The molecule has 0 rings (SSSR count). The number of allylic oxidation sites excluding steroid dienone is 23. The average molecular weight is 1020 g/mol. The van der Waals surface area contributed by atoms with Crippen LogP contribution >= 0.6 is 7.82 Å². The number of rotatable bonds is 47. The maximum Gasteiger partial charge on any atom is 0.472 e. The highest BCUT2D eigenvalue weighted by Crippen LogP contribution is 2.43. The van der Waals surface area contributed by atoms with Gasteiger partial charge in [0, 0.05) is 12.8 Å². The van der Waals surface area contributed by atoms with Crippen LogP contribution in [0.4, 0.5) is 0 Å². The van der Waals surface area contributed by atoms with Gasteiger partial charge in [-0.15, -0.1) is 0 Å². The Balaban J connectivity index is 4.94. The number of hydrogen-bond acceptors (Lipinski definition) is 10. The van der Waals surface area contributed by atoms with Crippen molar-refractivity contribution in [1.29, 1.82) is 0 Å². The van der Waals surface area contributed by atoms with Crippen LogP contribution in [-0.2, 0) is 42.2 Å². The van der Waals surface area contributed by atoms with E-state index in [0.717, 1.165) is 116 Å². The van der Waals surface area contributed by atoms with Crippen molar-refractivity contribution >= 4 is 25.7 Å². The van der Waals surface area contributed by atoms with Crippen molar-refractivity contribution in [3.63, 3.8) is 0 Å². The molecule has 11 nitrogen and oxygen atoms in total. The fraction of sp³-hybridized carbons (Fsp3) is 0.550. The Morgan fingerprint density at radius 3 is 1.14 bits per heavy atom. The molecule has 0 aromatic carbocycles. The Bertz CT molecular complexity index is 1760. The van der Waals surface area contributed by atoms with Gasteiger partial charge < -0.3 is 24.2 Å². The molecule has 0 radical (unpaired) electrons. The largest absolute Gasteiger partial charge is 0.472 e. The van der Waals surface area contributed by atoms with Crippen LogP contribution in [0.2, 0.25) is 0 Å². The van der Waals surface area contributed by atoms with Crippen LogP contribution in [0.25, 0.3) is 0 Å². The number of ether oxygens (including phenoxy) is 3. The summed E-state index contributed by atoms with van der Waals surface area (Å²) in [5, 5.41) is 9.79. The lowest BCUT2D eigenvalue weighted by Crippen LogP contribution is -2.30. The number of phosphoric ester groups is 1. The van der Waals surface area contributed by atoms with E-state index in [2.05, 4.69) is 148 Å². The van der Waals surface area contributed by atoms with E-state index < -0.39 is 64.4 Å². The van der Waals surface area contributed by atoms with E-state index in [-0.39, 0.29) is 19.3 Å². The minimum Gasteiger partial charge on any atom is -0.461 e. The molecular formula is C60H93O11P. The molecule has 3 unspecified atom stereocenters. The van der Waals surface area contributed by atoms with Crippen LogP contribution in [0.3, 0.4) is 0 Å². The van der Waals surface area contributed by atoms with Crippen molar-refractivity contribution in [3.05, 3.63) is 146 Å². The molecule has 0 aromatic heterocycles. The van der Waals surface area contributed by atoms with Crippen LogP contribution in [0, 0.1) is 0 Å². The summed E-state index contributed by atoms with van der Waals surface area (Å²) in [6.45, 7) is 4.08. The van der Waals surface area contributed by atoms with Gasteiger partial charge in [-0.25, -0.2) is 4.57 Å². The summed E-state index contributed by atoms with van der Waals surface area (Å²) >= 11 is 0. The molecule has 0 spiro atoms. The number of phosphoric acid groups is 1. The minimum absolute atomic E-state index is 0.0243. The van der Waals surface area contributed by atoms with Gasteiger partial charge in [0.1, 0.15) is 12.7 Å². The number of aliphatic hydroxyl groups excluding tert-OH is 1. The van der Waals surface area contributed by atoms with Crippen molar-refractivity contribution in [3.8, 4) is 0 Å². The lowest BCUT2D eigenvalue weighted by atomic mass is 10.1. The van der Waals surface area contributed by atoms with Crippen molar-refractivity contribution in [1.82, 2.24) is 0 Å². The number of aliphatic hydroxyl groups is 1. The fourth-order valence-corrected chi connectivity index (χ4v) is 7.10. The number of unbranched alkanes of at least 4 members (excludes halogenated alkanes) is 7. The predicted molar refractivity (Wildman–Crippen MR) is 297 cm³/mol. The van der Waals surface area contributed by atoms with Gasteiger partial charge in [-0.3, -0.25) is 23.4 Å². The molecule has 2 N–H and O–H groups in total. The molecule has 0 fully saturated rings. The maximum absolute atomic E-state index is 12.9. The van der Waals surface area contributed by atoms with E-state index in [4.69, 9.17) is 23.3 Å². The summed E-state index contributed by atoms with van der Waals surface area (Å²) in [6.07, 6.45) is 67.0. The highest BCUT2D eigenvalue weighted by Gasteiger charge is 2.28. The van der Waals surface area contributed by atoms with E-state index >= 15 is 0 Å². The van der Waals surface area contributed by atoms with Crippen LogP contribution in [-0.4, -0.2) is 66.5 Å². The lowest BCUT2D eigenvalue weighted by Gasteiger charge is -2.21. The number of esters is 3. The molecule has 72 heavy (non-hydrogen) atoms. The normalized spacial score (nSPS) is 14.6. The Morgan fingerprint density at radius 2 is 0.722 bits per heavy atom. The molecular weight excluding hydrogens is 928 g/mol. The van der Waals surface area contributed by atoms with Crippen molar-refractivity contribution in [2.75, 3.05) is 26.4 Å². The van der Waals surface area contributed by atoms with Crippen molar-refractivity contribution in [2.24, 2.45) is 0 Å². The van der Waals surface area contributed by atoms with Gasteiger partial charge in [0.05, 0.1) is 26.2 Å². The third-order valence-electron chi connectivity index (χ3n) is 10.3. The van der Waals surface area contributed by atoms with E-state index in [1.807, 2.05) is 12.2 Å². The molecule has 0 heterocycles. The van der Waals surface area contributed by atoms with Crippen LogP contribution in [0.15, 0.2) is 146 Å².